The highest BCUT2D eigenvalue weighted by atomic mass is 16.5. The fourth-order valence-corrected chi connectivity index (χ4v) is 2.51. The number of hydrogen-bond donors (Lipinski definition) is 2. The molecule has 20 heavy (non-hydrogen) atoms. The molecule has 2 aromatic heterocycles. The van der Waals surface area contributed by atoms with Crippen LogP contribution in [0.2, 0.25) is 0 Å². The summed E-state index contributed by atoms with van der Waals surface area (Å²) in [6.07, 6.45) is 7.66. The van der Waals surface area contributed by atoms with Crippen LogP contribution in [0.3, 0.4) is 0 Å². The van der Waals surface area contributed by atoms with Crippen molar-refractivity contribution in [2.75, 3.05) is 30.4 Å². The fraction of sp³-hybridized carbons (Fsp3) is 0.571. The van der Waals surface area contributed by atoms with Gasteiger partial charge in [-0.15, -0.1) is 0 Å². The first-order chi connectivity index (χ1) is 9.70. The van der Waals surface area contributed by atoms with Crippen molar-refractivity contribution in [3.05, 3.63) is 18.6 Å². The minimum atomic E-state index is 0.0164. The van der Waals surface area contributed by atoms with E-state index in [9.17, 15) is 0 Å². The largest absolute Gasteiger partial charge is 0.381 e. The molecule has 0 unspecified atom stereocenters. The number of nitrogens with one attached hydrogen (secondary N) is 2. The minimum absolute atomic E-state index is 0.0164. The zero-order valence-electron chi connectivity index (χ0n) is 12.0. The van der Waals surface area contributed by atoms with Gasteiger partial charge in [0.25, 0.3) is 0 Å². The molecule has 3 heterocycles. The quantitative estimate of drug-likeness (QED) is 0.895. The van der Waals surface area contributed by atoms with Crippen LogP contribution in [0.5, 0.6) is 0 Å². The predicted octanol–water partition coefficient (Wildman–Crippen LogP) is 2.14. The first-order valence-electron chi connectivity index (χ1n) is 7.14. The molecule has 0 spiro atoms. The number of nitrogens with zero attached hydrogens (tertiary/aromatic N) is 3. The summed E-state index contributed by atoms with van der Waals surface area (Å²) >= 11 is 0. The zero-order chi connectivity index (χ0) is 14.0. The highest BCUT2D eigenvalue weighted by Gasteiger charge is 2.28. The molecule has 0 aromatic carbocycles. The van der Waals surface area contributed by atoms with E-state index in [1.165, 1.54) is 0 Å². The van der Waals surface area contributed by atoms with E-state index in [-0.39, 0.29) is 5.54 Å². The molecule has 0 amide bonds. The smallest absolute Gasteiger partial charge is 0.180 e. The molecule has 2 N–H and O–H groups in total. The van der Waals surface area contributed by atoms with Crippen molar-refractivity contribution >= 4 is 17.3 Å². The number of imidazole rings is 1. The Kier molecular flexibility index (Phi) is 3.48. The van der Waals surface area contributed by atoms with Crippen molar-refractivity contribution in [2.45, 2.75) is 32.2 Å². The molecular formula is C14H21N5O. The predicted molar refractivity (Wildman–Crippen MR) is 79.2 cm³/mol. The molecule has 2 aromatic rings. The molecule has 0 atom stereocenters. The Hall–Kier alpha value is -1.82. The molecule has 0 aliphatic carbocycles. The summed E-state index contributed by atoms with van der Waals surface area (Å²) in [4.78, 5) is 9.05. The summed E-state index contributed by atoms with van der Waals surface area (Å²) < 4.78 is 7.44. The molecular weight excluding hydrogens is 254 g/mol. The van der Waals surface area contributed by atoms with E-state index in [0.717, 1.165) is 49.9 Å². The van der Waals surface area contributed by atoms with Crippen LogP contribution in [0.1, 0.15) is 26.7 Å². The van der Waals surface area contributed by atoms with Crippen molar-refractivity contribution in [3.8, 4) is 0 Å². The number of anilines is 2. The zero-order valence-corrected chi connectivity index (χ0v) is 12.0. The van der Waals surface area contributed by atoms with Gasteiger partial charge < -0.3 is 19.8 Å². The maximum absolute atomic E-state index is 5.44. The van der Waals surface area contributed by atoms with Crippen molar-refractivity contribution in [2.24, 2.45) is 0 Å². The average molecular weight is 275 g/mol. The van der Waals surface area contributed by atoms with Gasteiger partial charge in [0, 0.05) is 37.7 Å². The summed E-state index contributed by atoms with van der Waals surface area (Å²) in [5.74, 6) is 1.69. The van der Waals surface area contributed by atoms with Crippen LogP contribution in [0.15, 0.2) is 18.6 Å². The fourth-order valence-electron chi connectivity index (χ4n) is 2.51. The van der Waals surface area contributed by atoms with Crippen LogP contribution in [0.25, 0.3) is 5.65 Å². The maximum atomic E-state index is 5.44. The lowest BCUT2D eigenvalue weighted by atomic mass is 9.92. The number of fused-ring (bicyclic) bond motifs is 1. The van der Waals surface area contributed by atoms with Crippen molar-refractivity contribution in [1.82, 2.24) is 14.4 Å². The Morgan fingerprint density at radius 1 is 1.40 bits per heavy atom. The second-order valence-corrected chi connectivity index (χ2v) is 5.46. The van der Waals surface area contributed by atoms with E-state index in [0.29, 0.717) is 0 Å². The Labute approximate surface area is 118 Å². The molecule has 1 aliphatic heterocycles. The van der Waals surface area contributed by atoms with Crippen LogP contribution >= 0.6 is 0 Å². The molecule has 0 bridgehead atoms. The second-order valence-electron chi connectivity index (χ2n) is 5.46. The topological polar surface area (TPSA) is 63.5 Å². The molecule has 1 fully saturated rings. The summed E-state index contributed by atoms with van der Waals surface area (Å²) in [7, 11) is 0. The lowest BCUT2D eigenvalue weighted by Crippen LogP contribution is -2.41. The number of rotatable bonds is 4. The summed E-state index contributed by atoms with van der Waals surface area (Å²) in [5, 5.41) is 6.83. The number of ether oxygens (including phenoxy) is 1. The molecule has 6 nitrogen and oxygen atoms in total. The van der Waals surface area contributed by atoms with Gasteiger partial charge in [0.2, 0.25) is 0 Å². The summed E-state index contributed by atoms with van der Waals surface area (Å²) in [6.45, 7) is 6.71. The van der Waals surface area contributed by atoms with Crippen LogP contribution in [-0.4, -0.2) is 39.7 Å². The third kappa shape index (κ3) is 2.56. The standard InChI is InChI=1S/C14H21N5O/c1-3-15-11-10-19-7-6-16-13(19)12(17-11)18-14(2)4-8-20-9-5-14/h6-7,10,15H,3-5,8-9H2,1-2H3,(H,17,18). The van der Waals surface area contributed by atoms with Gasteiger partial charge in [-0.05, 0) is 26.7 Å². The van der Waals surface area contributed by atoms with Crippen LogP contribution < -0.4 is 10.6 Å². The van der Waals surface area contributed by atoms with E-state index in [2.05, 4.69) is 34.4 Å². The van der Waals surface area contributed by atoms with Gasteiger partial charge in [-0.3, -0.25) is 0 Å². The Balaban J connectivity index is 1.94. The van der Waals surface area contributed by atoms with Crippen molar-refractivity contribution < 1.29 is 4.74 Å². The molecule has 0 radical (unpaired) electrons. The first kappa shape index (κ1) is 13.2. The minimum Gasteiger partial charge on any atom is -0.381 e. The summed E-state index contributed by atoms with van der Waals surface area (Å²) in [5.41, 5.74) is 0.877. The molecule has 0 saturated carbocycles. The van der Waals surface area contributed by atoms with Gasteiger partial charge in [-0.25, -0.2) is 9.97 Å². The highest BCUT2D eigenvalue weighted by Crippen LogP contribution is 2.27. The van der Waals surface area contributed by atoms with E-state index < -0.39 is 0 Å². The third-order valence-corrected chi connectivity index (χ3v) is 3.75. The van der Waals surface area contributed by atoms with Crippen LogP contribution in [-0.2, 0) is 4.74 Å². The van der Waals surface area contributed by atoms with Crippen molar-refractivity contribution in [1.29, 1.82) is 0 Å². The lowest BCUT2D eigenvalue weighted by Gasteiger charge is -2.35. The SMILES string of the molecule is CCNc1cn2ccnc2c(NC2(C)CCOCC2)n1. The highest BCUT2D eigenvalue weighted by molar-refractivity contribution is 5.66. The van der Waals surface area contributed by atoms with Crippen LogP contribution in [0.4, 0.5) is 11.6 Å². The van der Waals surface area contributed by atoms with Crippen LogP contribution in [0, 0.1) is 0 Å². The summed E-state index contributed by atoms with van der Waals surface area (Å²) in [6, 6.07) is 0. The van der Waals surface area contributed by atoms with Gasteiger partial charge in [0.15, 0.2) is 11.5 Å². The van der Waals surface area contributed by atoms with E-state index in [1.807, 2.05) is 16.8 Å². The Morgan fingerprint density at radius 2 is 2.20 bits per heavy atom. The second kappa shape index (κ2) is 5.28. The molecule has 1 aliphatic rings. The van der Waals surface area contributed by atoms with Gasteiger partial charge in [-0.1, -0.05) is 0 Å². The van der Waals surface area contributed by atoms with E-state index in [1.54, 1.807) is 6.20 Å². The van der Waals surface area contributed by atoms with E-state index in [4.69, 9.17) is 4.74 Å². The maximum Gasteiger partial charge on any atom is 0.180 e. The van der Waals surface area contributed by atoms with Gasteiger partial charge in [0.1, 0.15) is 5.82 Å². The first-order valence-corrected chi connectivity index (χ1v) is 7.14. The van der Waals surface area contributed by atoms with Gasteiger partial charge in [0.05, 0.1) is 6.20 Å². The normalized spacial score (nSPS) is 18.1. The number of hydrogen-bond acceptors (Lipinski definition) is 5. The van der Waals surface area contributed by atoms with Gasteiger partial charge >= 0.3 is 0 Å². The van der Waals surface area contributed by atoms with Gasteiger partial charge in [-0.2, -0.15) is 0 Å². The third-order valence-electron chi connectivity index (χ3n) is 3.75. The lowest BCUT2D eigenvalue weighted by molar-refractivity contribution is 0.0657. The number of aromatic nitrogens is 3. The monoisotopic (exact) mass is 275 g/mol. The van der Waals surface area contributed by atoms with Crippen molar-refractivity contribution in [3.63, 3.8) is 0 Å². The van der Waals surface area contributed by atoms with E-state index >= 15 is 0 Å². The average Bonchev–Trinajstić information content (AvgIpc) is 2.88. The molecule has 108 valence electrons. The molecule has 1 saturated heterocycles. The Bertz CT molecular complexity index is 588. The Morgan fingerprint density at radius 3 is 2.95 bits per heavy atom. The molecule has 3 rings (SSSR count). The molecule has 6 heteroatoms.